The van der Waals surface area contributed by atoms with Gasteiger partial charge in [-0.1, -0.05) is 52.2 Å². The van der Waals surface area contributed by atoms with Gasteiger partial charge < -0.3 is 11.1 Å². The summed E-state index contributed by atoms with van der Waals surface area (Å²) >= 11 is 0. The molecule has 142 valence electrons. The van der Waals surface area contributed by atoms with Crippen molar-refractivity contribution in [3.63, 3.8) is 0 Å². The van der Waals surface area contributed by atoms with Gasteiger partial charge in [0.15, 0.2) is 0 Å². The molecule has 1 heterocycles. The molecule has 0 aliphatic carbocycles. The van der Waals surface area contributed by atoms with E-state index in [-0.39, 0.29) is 24.3 Å². The van der Waals surface area contributed by atoms with E-state index in [9.17, 15) is 9.59 Å². The van der Waals surface area contributed by atoms with Crippen molar-refractivity contribution in [2.45, 2.75) is 65.5 Å². The summed E-state index contributed by atoms with van der Waals surface area (Å²) in [6.07, 6.45) is 4.14. The molecule has 2 rings (SSSR count). The van der Waals surface area contributed by atoms with Crippen LogP contribution in [0.25, 0.3) is 11.0 Å². The van der Waals surface area contributed by atoms with Crippen LogP contribution < -0.4 is 11.1 Å². The van der Waals surface area contributed by atoms with Gasteiger partial charge in [-0.15, -0.1) is 0 Å². The molecule has 1 aromatic carbocycles. The highest BCUT2D eigenvalue weighted by Crippen LogP contribution is 2.19. The molecule has 6 heteroatoms. The van der Waals surface area contributed by atoms with Gasteiger partial charge in [-0.3, -0.25) is 14.2 Å². The van der Waals surface area contributed by atoms with E-state index in [4.69, 9.17) is 5.73 Å². The maximum atomic E-state index is 13.3. The SMILES string of the molecule is CCCCCC(=O)N[C@H](C(=O)n1c(CN)nc2ccccc21)C(C)CC. The van der Waals surface area contributed by atoms with Gasteiger partial charge in [0.25, 0.3) is 5.91 Å². The Labute approximate surface area is 155 Å². The first-order valence-electron chi connectivity index (χ1n) is 9.53. The van der Waals surface area contributed by atoms with E-state index >= 15 is 0 Å². The predicted octanol–water partition coefficient (Wildman–Crippen LogP) is 3.25. The molecule has 2 atom stereocenters. The third kappa shape index (κ3) is 4.49. The zero-order valence-corrected chi connectivity index (χ0v) is 16.0. The van der Waals surface area contributed by atoms with Crippen LogP contribution >= 0.6 is 0 Å². The lowest BCUT2D eigenvalue weighted by atomic mass is 9.97. The fraction of sp³-hybridized carbons (Fsp3) is 0.550. The Balaban J connectivity index is 2.31. The molecule has 0 aliphatic rings. The monoisotopic (exact) mass is 358 g/mol. The fourth-order valence-corrected chi connectivity index (χ4v) is 3.06. The molecule has 1 amide bonds. The Morgan fingerprint density at radius 3 is 2.62 bits per heavy atom. The summed E-state index contributed by atoms with van der Waals surface area (Å²) in [4.78, 5) is 30.1. The molecule has 1 unspecified atom stereocenters. The molecule has 0 saturated carbocycles. The van der Waals surface area contributed by atoms with Crippen molar-refractivity contribution in [1.82, 2.24) is 14.9 Å². The zero-order chi connectivity index (χ0) is 19.1. The minimum atomic E-state index is -0.586. The lowest BCUT2D eigenvalue weighted by Gasteiger charge is -2.24. The standard InChI is InChI=1S/C20H30N4O2/c1-4-6-7-12-18(25)23-19(14(3)5-2)20(26)24-16-11-9-8-10-15(16)22-17(24)13-21/h8-11,14,19H,4-7,12-13,21H2,1-3H3,(H,23,25)/t14?,19-/m0/s1. The van der Waals surface area contributed by atoms with Crippen molar-refractivity contribution in [3.8, 4) is 0 Å². The second-order valence-corrected chi connectivity index (χ2v) is 6.78. The van der Waals surface area contributed by atoms with Crippen molar-refractivity contribution in [1.29, 1.82) is 0 Å². The van der Waals surface area contributed by atoms with Crippen molar-refractivity contribution in [2.24, 2.45) is 11.7 Å². The summed E-state index contributed by atoms with van der Waals surface area (Å²) in [6.45, 7) is 6.26. The van der Waals surface area contributed by atoms with Crippen LogP contribution in [0.3, 0.4) is 0 Å². The van der Waals surface area contributed by atoms with Crippen molar-refractivity contribution in [3.05, 3.63) is 30.1 Å². The summed E-state index contributed by atoms with van der Waals surface area (Å²) in [5, 5.41) is 2.95. The third-order valence-electron chi connectivity index (χ3n) is 4.84. The highest BCUT2D eigenvalue weighted by atomic mass is 16.2. The van der Waals surface area contributed by atoms with E-state index in [2.05, 4.69) is 17.2 Å². The average Bonchev–Trinajstić information content (AvgIpc) is 3.03. The first kappa shape index (κ1) is 20.1. The molecule has 0 aliphatic heterocycles. The highest BCUT2D eigenvalue weighted by Gasteiger charge is 2.29. The molecule has 6 nitrogen and oxygen atoms in total. The van der Waals surface area contributed by atoms with Crippen LogP contribution in [0.2, 0.25) is 0 Å². The smallest absolute Gasteiger partial charge is 0.255 e. The normalized spacial score (nSPS) is 13.5. The molecule has 0 radical (unpaired) electrons. The molecule has 0 saturated heterocycles. The number of fused-ring (bicyclic) bond motifs is 1. The highest BCUT2D eigenvalue weighted by molar-refractivity contribution is 5.96. The lowest BCUT2D eigenvalue weighted by molar-refractivity contribution is -0.122. The Morgan fingerprint density at radius 2 is 1.96 bits per heavy atom. The third-order valence-corrected chi connectivity index (χ3v) is 4.84. The number of benzene rings is 1. The number of unbranched alkanes of at least 4 members (excludes halogenated alkanes) is 2. The molecule has 2 aromatic rings. The van der Waals surface area contributed by atoms with Crippen LogP contribution in [0, 0.1) is 5.92 Å². The van der Waals surface area contributed by atoms with Gasteiger partial charge in [-0.25, -0.2) is 4.98 Å². The van der Waals surface area contributed by atoms with Gasteiger partial charge in [-0.05, 0) is 24.5 Å². The van der Waals surface area contributed by atoms with Crippen LogP contribution in [0.4, 0.5) is 0 Å². The number of imidazole rings is 1. The Morgan fingerprint density at radius 1 is 1.23 bits per heavy atom. The van der Waals surface area contributed by atoms with Gasteiger partial charge in [0, 0.05) is 6.42 Å². The van der Waals surface area contributed by atoms with Crippen molar-refractivity contribution >= 4 is 22.8 Å². The summed E-state index contributed by atoms with van der Waals surface area (Å²) in [5.41, 5.74) is 7.28. The summed E-state index contributed by atoms with van der Waals surface area (Å²) < 4.78 is 1.57. The Hall–Kier alpha value is -2.21. The van der Waals surface area contributed by atoms with E-state index in [0.717, 1.165) is 36.7 Å². The summed E-state index contributed by atoms with van der Waals surface area (Å²) in [7, 11) is 0. The maximum absolute atomic E-state index is 13.3. The fourth-order valence-electron chi connectivity index (χ4n) is 3.06. The number of para-hydroxylation sites is 2. The van der Waals surface area contributed by atoms with Crippen LogP contribution in [0.15, 0.2) is 24.3 Å². The zero-order valence-electron chi connectivity index (χ0n) is 16.0. The number of hydrogen-bond donors (Lipinski definition) is 2. The van der Waals surface area contributed by atoms with E-state index < -0.39 is 6.04 Å². The largest absolute Gasteiger partial charge is 0.344 e. The lowest BCUT2D eigenvalue weighted by Crippen LogP contribution is -2.47. The number of rotatable bonds is 9. The molecule has 0 spiro atoms. The number of carbonyl (C=O) groups excluding carboxylic acids is 2. The molecule has 26 heavy (non-hydrogen) atoms. The van der Waals surface area contributed by atoms with E-state index in [0.29, 0.717) is 12.2 Å². The van der Waals surface area contributed by atoms with Gasteiger partial charge in [0.2, 0.25) is 5.91 Å². The van der Waals surface area contributed by atoms with Crippen molar-refractivity contribution in [2.75, 3.05) is 0 Å². The molecule has 0 bridgehead atoms. The second kappa shape index (κ2) is 9.48. The molecule has 3 N–H and O–H groups in total. The topological polar surface area (TPSA) is 90.0 Å². The number of nitrogens with one attached hydrogen (secondary N) is 1. The average molecular weight is 358 g/mol. The minimum absolute atomic E-state index is 0.0180. The Bertz CT molecular complexity index is 753. The number of nitrogens with two attached hydrogens (primary N) is 1. The number of amides is 1. The first-order valence-corrected chi connectivity index (χ1v) is 9.53. The van der Waals surface area contributed by atoms with Crippen molar-refractivity contribution < 1.29 is 9.59 Å². The van der Waals surface area contributed by atoms with E-state index in [1.54, 1.807) is 4.57 Å². The number of aromatic nitrogens is 2. The van der Waals surface area contributed by atoms with Crippen LogP contribution in [-0.2, 0) is 11.3 Å². The number of hydrogen-bond acceptors (Lipinski definition) is 4. The molecular formula is C20H30N4O2. The van der Waals surface area contributed by atoms with Gasteiger partial charge in [0.1, 0.15) is 11.9 Å². The van der Waals surface area contributed by atoms with E-state index in [1.807, 2.05) is 38.1 Å². The molecular weight excluding hydrogens is 328 g/mol. The van der Waals surface area contributed by atoms with Crippen LogP contribution in [0.1, 0.15) is 63.5 Å². The summed E-state index contributed by atoms with van der Waals surface area (Å²) in [6, 6.07) is 6.88. The maximum Gasteiger partial charge on any atom is 0.255 e. The minimum Gasteiger partial charge on any atom is -0.344 e. The quantitative estimate of drug-likeness (QED) is 0.673. The molecule has 1 aromatic heterocycles. The van der Waals surface area contributed by atoms with Gasteiger partial charge >= 0.3 is 0 Å². The predicted molar refractivity (Wildman–Crippen MR) is 104 cm³/mol. The molecule has 0 fully saturated rings. The van der Waals surface area contributed by atoms with Crippen LogP contribution in [-0.4, -0.2) is 27.4 Å². The van der Waals surface area contributed by atoms with Crippen LogP contribution in [0.5, 0.6) is 0 Å². The second-order valence-electron chi connectivity index (χ2n) is 6.78. The number of carbonyl (C=O) groups is 2. The first-order chi connectivity index (χ1) is 12.5. The summed E-state index contributed by atoms with van der Waals surface area (Å²) in [5.74, 6) is 0.294. The Kier molecular flexibility index (Phi) is 7.33. The van der Waals surface area contributed by atoms with E-state index in [1.165, 1.54) is 0 Å². The van der Waals surface area contributed by atoms with Gasteiger partial charge in [0.05, 0.1) is 17.6 Å². The van der Waals surface area contributed by atoms with Gasteiger partial charge in [-0.2, -0.15) is 0 Å². The number of nitrogens with zero attached hydrogens (tertiary/aromatic N) is 2.